The second kappa shape index (κ2) is 7.56. The predicted molar refractivity (Wildman–Crippen MR) is 83.7 cm³/mol. The number of nitrogens with zero attached hydrogens (tertiary/aromatic N) is 3. The fourth-order valence-electron chi connectivity index (χ4n) is 1.67. The number of nitriles is 2. The number of allylic oxidation sites excluding steroid dienone is 1. The topological polar surface area (TPSA) is 81.7 Å². The summed E-state index contributed by atoms with van der Waals surface area (Å²) in [4.78, 5) is 3.59. The predicted octanol–water partition coefficient (Wildman–Crippen LogP) is 4.89. The summed E-state index contributed by atoms with van der Waals surface area (Å²) in [6.07, 6.45) is -2.78. The number of halogens is 4. The SMILES string of the molecule is N#CC(C#N)=CNc1ccccc1Oc1ncc(C(F)(F)F)cc1Cl. The van der Waals surface area contributed by atoms with Gasteiger partial charge in [0.2, 0.25) is 5.88 Å². The third-order valence-corrected chi connectivity index (χ3v) is 3.11. The normalized spacial score (nSPS) is 10.3. The van der Waals surface area contributed by atoms with Crippen molar-refractivity contribution >= 4 is 17.3 Å². The number of alkyl halides is 3. The van der Waals surface area contributed by atoms with Gasteiger partial charge in [-0.25, -0.2) is 4.98 Å². The lowest BCUT2D eigenvalue weighted by atomic mass is 10.2. The molecule has 0 saturated heterocycles. The number of hydrogen-bond acceptors (Lipinski definition) is 5. The minimum absolute atomic E-state index is 0.166. The number of para-hydroxylation sites is 2. The van der Waals surface area contributed by atoms with Gasteiger partial charge in [0.05, 0.1) is 11.3 Å². The Bertz CT molecular complexity index is 881. The van der Waals surface area contributed by atoms with E-state index in [0.29, 0.717) is 18.0 Å². The van der Waals surface area contributed by atoms with Crippen molar-refractivity contribution in [2.75, 3.05) is 5.32 Å². The van der Waals surface area contributed by atoms with Gasteiger partial charge in [0.25, 0.3) is 0 Å². The molecule has 0 aliphatic carbocycles. The molecule has 0 aliphatic heterocycles. The molecule has 0 unspecified atom stereocenters. The van der Waals surface area contributed by atoms with Crippen LogP contribution in [0.3, 0.4) is 0 Å². The van der Waals surface area contributed by atoms with Crippen LogP contribution in [-0.4, -0.2) is 4.98 Å². The van der Waals surface area contributed by atoms with Gasteiger partial charge < -0.3 is 10.1 Å². The van der Waals surface area contributed by atoms with Gasteiger partial charge in [-0.05, 0) is 18.2 Å². The Labute approximate surface area is 145 Å². The Hall–Kier alpha value is -3.23. The lowest BCUT2D eigenvalue weighted by Gasteiger charge is -2.12. The van der Waals surface area contributed by atoms with Crippen LogP contribution >= 0.6 is 11.6 Å². The van der Waals surface area contributed by atoms with Gasteiger partial charge in [0, 0.05) is 12.4 Å². The molecule has 0 aliphatic rings. The smallest absolute Gasteiger partial charge is 0.417 e. The van der Waals surface area contributed by atoms with Crippen LogP contribution in [0.5, 0.6) is 11.6 Å². The van der Waals surface area contributed by atoms with Crippen LogP contribution in [0, 0.1) is 22.7 Å². The maximum absolute atomic E-state index is 12.6. The van der Waals surface area contributed by atoms with Crippen molar-refractivity contribution in [3.8, 4) is 23.8 Å². The van der Waals surface area contributed by atoms with Crippen LogP contribution < -0.4 is 10.1 Å². The minimum atomic E-state index is -4.57. The molecule has 0 atom stereocenters. The van der Waals surface area contributed by atoms with E-state index in [2.05, 4.69) is 10.3 Å². The molecular weight excluding hydrogens is 357 g/mol. The average Bonchev–Trinajstić information content (AvgIpc) is 2.58. The molecule has 126 valence electrons. The number of pyridine rings is 1. The largest absolute Gasteiger partial charge is 0.435 e. The number of hydrogen-bond donors (Lipinski definition) is 1. The van der Waals surface area contributed by atoms with E-state index >= 15 is 0 Å². The third kappa shape index (κ3) is 4.63. The van der Waals surface area contributed by atoms with Gasteiger partial charge in [-0.3, -0.25) is 0 Å². The highest BCUT2D eigenvalue weighted by Gasteiger charge is 2.31. The Balaban J connectivity index is 2.29. The van der Waals surface area contributed by atoms with Gasteiger partial charge in [-0.2, -0.15) is 23.7 Å². The van der Waals surface area contributed by atoms with Crippen LogP contribution in [0.2, 0.25) is 5.02 Å². The number of ether oxygens (including phenoxy) is 1. The monoisotopic (exact) mass is 364 g/mol. The molecule has 5 nitrogen and oxygen atoms in total. The van der Waals surface area contributed by atoms with Gasteiger partial charge >= 0.3 is 6.18 Å². The number of rotatable bonds is 4. The Morgan fingerprint density at radius 2 is 1.92 bits per heavy atom. The summed E-state index contributed by atoms with van der Waals surface area (Å²) in [5, 5.41) is 19.8. The maximum Gasteiger partial charge on any atom is 0.417 e. The molecule has 25 heavy (non-hydrogen) atoms. The molecule has 0 saturated carbocycles. The van der Waals surface area contributed by atoms with E-state index in [1.165, 1.54) is 12.3 Å². The number of nitrogens with one attached hydrogen (secondary N) is 1. The molecule has 0 radical (unpaired) electrons. The Kier molecular flexibility index (Phi) is 5.48. The van der Waals surface area contributed by atoms with E-state index in [-0.39, 0.29) is 22.2 Å². The zero-order chi connectivity index (χ0) is 18.4. The summed E-state index contributed by atoms with van der Waals surface area (Å²) in [6.45, 7) is 0. The van der Waals surface area contributed by atoms with Crippen molar-refractivity contribution in [3.05, 3.63) is 58.9 Å². The molecule has 1 aromatic carbocycles. The number of aromatic nitrogens is 1. The minimum Gasteiger partial charge on any atom is -0.435 e. The quantitative estimate of drug-likeness (QED) is 0.781. The van der Waals surface area contributed by atoms with E-state index in [4.69, 9.17) is 26.9 Å². The molecule has 0 bridgehead atoms. The number of anilines is 1. The molecule has 0 spiro atoms. The van der Waals surface area contributed by atoms with Crippen molar-refractivity contribution in [2.24, 2.45) is 0 Å². The fourth-order valence-corrected chi connectivity index (χ4v) is 1.88. The highest BCUT2D eigenvalue weighted by molar-refractivity contribution is 6.31. The van der Waals surface area contributed by atoms with Crippen molar-refractivity contribution < 1.29 is 17.9 Å². The fraction of sp³-hybridized carbons (Fsp3) is 0.0625. The first-order chi connectivity index (χ1) is 11.8. The molecule has 1 N–H and O–H groups in total. The summed E-state index contributed by atoms with van der Waals surface area (Å²) >= 11 is 5.80. The molecule has 2 aromatic rings. The molecule has 1 heterocycles. The molecule has 9 heteroatoms. The van der Waals surface area contributed by atoms with Crippen LogP contribution in [0.25, 0.3) is 0 Å². The van der Waals surface area contributed by atoms with Crippen LogP contribution in [0.1, 0.15) is 5.56 Å². The molecule has 0 fully saturated rings. The lowest BCUT2D eigenvalue weighted by Crippen LogP contribution is -2.06. The van der Waals surface area contributed by atoms with Crippen molar-refractivity contribution in [3.63, 3.8) is 0 Å². The van der Waals surface area contributed by atoms with E-state index in [9.17, 15) is 13.2 Å². The van der Waals surface area contributed by atoms with Gasteiger partial charge in [-0.15, -0.1) is 0 Å². The standard InChI is InChI=1S/C16H8ClF3N4O/c17-12-5-11(16(18,19)20)9-24-15(12)25-14-4-2-1-3-13(14)23-8-10(6-21)7-22/h1-5,8-9,23H. The van der Waals surface area contributed by atoms with Gasteiger partial charge in [-0.1, -0.05) is 23.7 Å². The molecule has 0 amide bonds. The highest BCUT2D eigenvalue weighted by atomic mass is 35.5. The van der Waals surface area contributed by atoms with E-state index in [1.54, 1.807) is 30.3 Å². The molecule has 2 rings (SSSR count). The van der Waals surface area contributed by atoms with Gasteiger partial charge in [0.1, 0.15) is 22.7 Å². The zero-order valence-corrected chi connectivity index (χ0v) is 13.1. The van der Waals surface area contributed by atoms with E-state index in [1.807, 2.05) is 0 Å². The molecule has 1 aromatic heterocycles. The van der Waals surface area contributed by atoms with E-state index < -0.39 is 11.7 Å². The van der Waals surface area contributed by atoms with Crippen molar-refractivity contribution in [2.45, 2.75) is 6.18 Å². The van der Waals surface area contributed by atoms with Crippen LogP contribution in [-0.2, 0) is 6.18 Å². The lowest BCUT2D eigenvalue weighted by molar-refractivity contribution is -0.137. The zero-order valence-electron chi connectivity index (χ0n) is 12.3. The van der Waals surface area contributed by atoms with Crippen LogP contribution in [0.15, 0.2) is 48.3 Å². The Morgan fingerprint density at radius 3 is 2.52 bits per heavy atom. The van der Waals surface area contributed by atoms with Crippen molar-refractivity contribution in [1.82, 2.24) is 4.98 Å². The summed E-state index contributed by atoms with van der Waals surface area (Å²) in [5.74, 6) is -0.0168. The second-order valence-electron chi connectivity index (χ2n) is 4.53. The van der Waals surface area contributed by atoms with E-state index in [0.717, 1.165) is 0 Å². The number of benzene rings is 1. The molecular formula is C16H8ClF3N4O. The summed E-state index contributed by atoms with van der Waals surface area (Å²) < 4.78 is 43.3. The summed E-state index contributed by atoms with van der Waals surface area (Å²) in [5.41, 5.74) is -0.796. The second-order valence-corrected chi connectivity index (χ2v) is 4.94. The van der Waals surface area contributed by atoms with Gasteiger partial charge in [0.15, 0.2) is 5.75 Å². The highest BCUT2D eigenvalue weighted by Crippen LogP contribution is 2.36. The summed E-state index contributed by atoms with van der Waals surface area (Å²) in [6, 6.07) is 10.4. The first-order valence-corrected chi connectivity index (χ1v) is 6.99. The van der Waals surface area contributed by atoms with Crippen LogP contribution in [0.4, 0.5) is 18.9 Å². The average molecular weight is 365 g/mol. The first-order valence-electron chi connectivity index (χ1n) is 6.61. The van der Waals surface area contributed by atoms with Crippen molar-refractivity contribution in [1.29, 1.82) is 10.5 Å². The summed E-state index contributed by atoms with van der Waals surface area (Å²) in [7, 11) is 0. The first kappa shape index (κ1) is 18.1. The Morgan fingerprint density at radius 1 is 1.24 bits per heavy atom. The third-order valence-electron chi connectivity index (χ3n) is 2.84. The maximum atomic E-state index is 12.6.